The van der Waals surface area contributed by atoms with Gasteiger partial charge in [-0.3, -0.25) is 4.79 Å². The fourth-order valence-corrected chi connectivity index (χ4v) is 6.71. The Hall–Kier alpha value is -0.530. The third-order valence-electron chi connectivity index (χ3n) is 9.86. The van der Waals surface area contributed by atoms with Crippen LogP contribution in [0.4, 0.5) is 0 Å². The molecule has 0 rings (SSSR count). The van der Waals surface area contributed by atoms with Crippen LogP contribution >= 0.6 is 0 Å². The first kappa shape index (κ1) is 43.5. The molecular formula is C42H85NO. The minimum absolute atomic E-state index is 0.281. The maximum Gasteiger partial charge on any atom is 0.219 e. The Bertz CT molecular complexity index is 474. The summed E-state index contributed by atoms with van der Waals surface area (Å²) in [5, 5.41) is 3.16. The van der Waals surface area contributed by atoms with E-state index in [1.807, 2.05) is 0 Å². The van der Waals surface area contributed by atoms with Crippen LogP contribution in [0.5, 0.6) is 0 Å². The highest BCUT2D eigenvalue weighted by Gasteiger charge is 2.01. The van der Waals surface area contributed by atoms with Crippen molar-refractivity contribution in [3.8, 4) is 0 Å². The molecule has 0 aromatic carbocycles. The van der Waals surface area contributed by atoms with Crippen molar-refractivity contribution >= 4 is 5.91 Å². The standard InChI is InChI=1S/C42H85NO/c1-3-5-7-9-11-13-15-17-19-21-23-24-26-28-30-32-34-36-38-40-42(44)43-41-39-37-35-33-31-29-27-25-22-20-18-16-14-12-10-8-6-4-2/h3-41H2,1-2H3,(H,43,44). The molecule has 2 heteroatoms. The molecular weight excluding hydrogens is 534 g/mol. The van der Waals surface area contributed by atoms with E-state index in [0.29, 0.717) is 0 Å². The second kappa shape index (κ2) is 40.5. The van der Waals surface area contributed by atoms with Gasteiger partial charge in [-0.05, 0) is 12.8 Å². The molecule has 264 valence electrons. The normalized spacial score (nSPS) is 11.4. The minimum atomic E-state index is 0.281. The molecule has 0 aliphatic carbocycles. The molecule has 0 aromatic heterocycles. The maximum atomic E-state index is 12.1. The van der Waals surface area contributed by atoms with E-state index >= 15 is 0 Å². The highest BCUT2D eigenvalue weighted by atomic mass is 16.1. The van der Waals surface area contributed by atoms with E-state index < -0.39 is 0 Å². The Balaban J connectivity index is 3.14. The van der Waals surface area contributed by atoms with Gasteiger partial charge < -0.3 is 5.32 Å². The minimum Gasteiger partial charge on any atom is -0.356 e. The van der Waals surface area contributed by atoms with Crippen molar-refractivity contribution in [2.45, 2.75) is 258 Å². The molecule has 0 atom stereocenters. The van der Waals surface area contributed by atoms with Gasteiger partial charge in [0.25, 0.3) is 0 Å². The highest BCUT2D eigenvalue weighted by molar-refractivity contribution is 5.75. The second-order valence-corrected chi connectivity index (χ2v) is 14.5. The van der Waals surface area contributed by atoms with Gasteiger partial charge in [0.2, 0.25) is 5.91 Å². The number of rotatable bonds is 39. The van der Waals surface area contributed by atoms with Gasteiger partial charge in [-0.25, -0.2) is 0 Å². The lowest BCUT2D eigenvalue weighted by Crippen LogP contribution is -2.23. The lowest BCUT2D eigenvalue weighted by Gasteiger charge is -2.06. The number of carbonyl (C=O) groups is 1. The maximum absolute atomic E-state index is 12.1. The summed E-state index contributed by atoms with van der Waals surface area (Å²) in [5.41, 5.74) is 0. The molecule has 0 spiro atoms. The van der Waals surface area contributed by atoms with Crippen LogP contribution in [-0.2, 0) is 4.79 Å². The van der Waals surface area contributed by atoms with Crippen LogP contribution in [0.15, 0.2) is 0 Å². The second-order valence-electron chi connectivity index (χ2n) is 14.5. The van der Waals surface area contributed by atoms with Crippen molar-refractivity contribution in [2.24, 2.45) is 0 Å². The van der Waals surface area contributed by atoms with Gasteiger partial charge in [-0.15, -0.1) is 0 Å². The van der Waals surface area contributed by atoms with Crippen molar-refractivity contribution in [1.82, 2.24) is 5.32 Å². The molecule has 0 saturated heterocycles. The third kappa shape index (κ3) is 39.5. The largest absolute Gasteiger partial charge is 0.356 e. The fourth-order valence-electron chi connectivity index (χ4n) is 6.71. The van der Waals surface area contributed by atoms with E-state index in [1.54, 1.807) is 0 Å². The van der Waals surface area contributed by atoms with Crippen LogP contribution in [0.1, 0.15) is 258 Å². The first-order valence-corrected chi connectivity index (χ1v) is 21.1. The Morgan fingerprint density at radius 3 is 0.750 bits per heavy atom. The third-order valence-corrected chi connectivity index (χ3v) is 9.86. The topological polar surface area (TPSA) is 29.1 Å². The number of hydrogen-bond acceptors (Lipinski definition) is 1. The average molecular weight is 620 g/mol. The molecule has 0 bridgehead atoms. The summed E-state index contributed by atoms with van der Waals surface area (Å²) in [6, 6.07) is 0. The fraction of sp³-hybridized carbons (Fsp3) is 0.976. The summed E-state index contributed by atoms with van der Waals surface area (Å²) in [4.78, 5) is 12.1. The molecule has 0 saturated carbocycles. The van der Waals surface area contributed by atoms with Crippen LogP contribution < -0.4 is 5.32 Å². The van der Waals surface area contributed by atoms with E-state index in [9.17, 15) is 4.79 Å². The number of unbranched alkanes of at least 4 members (excludes halogenated alkanes) is 35. The summed E-state index contributed by atoms with van der Waals surface area (Å²) >= 11 is 0. The van der Waals surface area contributed by atoms with Gasteiger partial charge in [0.15, 0.2) is 0 Å². The molecule has 0 heterocycles. The summed E-state index contributed by atoms with van der Waals surface area (Å²) in [6.45, 7) is 5.48. The number of carbonyl (C=O) groups excluding carboxylic acids is 1. The van der Waals surface area contributed by atoms with Crippen LogP contribution in [-0.4, -0.2) is 12.5 Å². The van der Waals surface area contributed by atoms with Crippen LogP contribution in [0.25, 0.3) is 0 Å². The molecule has 1 amide bonds. The predicted octanol–water partition coefficient (Wildman–Crippen LogP) is 15.0. The Labute approximate surface area is 279 Å². The zero-order valence-electron chi connectivity index (χ0n) is 31.0. The van der Waals surface area contributed by atoms with Crippen molar-refractivity contribution in [3.05, 3.63) is 0 Å². The summed E-state index contributed by atoms with van der Waals surface area (Å²) in [7, 11) is 0. The molecule has 0 aliphatic rings. The first-order valence-electron chi connectivity index (χ1n) is 21.1. The SMILES string of the molecule is CCCCCCCCCCCCCCCCCCCCCC(=O)NCCCCCCCCCCCCCCCCCCCC. The van der Waals surface area contributed by atoms with E-state index in [1.165, 1.54) is 225 Å². The quantitative estimate of drug-likeness (QED) is 0.0681. The molecule has 0 radical (unpaired) electrons. The van der Waals surface area contributed by atoms with Crippen LogP contribution in [0.2, 0.25) is 0 Å². The van der Waals surface area contributed by atoms with Gasteiger partial charge in [0.05, 0.1) is 0 Å². The summed E-state index contributed by atoms with van der Waals surface area (Å²) in [6.07, 6.45) is 52.6. The Morgan fingerprint density at radius 1 is 0.295 bits per heavy atom. The Kier molecular flexibility index (Phi) is 40.0. The van der Waals surface area contributed by atoms with Crippen molar-refractivity contribution in [3.63, 3.8) is 0 Å². The monoisotopic (exact) mass is 620 g/mol. The van der Waals surface area contributed by atoms with Gasteiger partial charge >= 0.3 is 0 Å². The lowest BCUT2D eigenvalue weighted by atomic mass is 10.0. The van der Waals surface area contributed by atoms with Gasteiger partial charge in [0, 0.05) is 13.0 Å². The van der Waals surface area contributed by atoms with Gasteiger partial charge in [-0.2, -0.15) is 0 Å². The van der Waals surface area contributed by atoms with E-state index in [2.05, 4.69) is 19.2 Å². The first-order chi connectivity index (χ1) is 21.8. The van der Waals surface area contributed by atoms with Crippen molar-refractivity contribution in [1.29, 1.82) is 0 Å². The average Bonchev–Trinajstić information content (AvgIpc) is 3.03. The van der Waals surface area contributed by atoms with Crippen LogP contribution in [0.3, 0.4) is 0 Å². The zero-order valence-corrected chi connectivity index (χ0v) is 31.0. The summed E-state index contributed by atoms with van der Waals surface area (Å²) < 4.78 is 0. The van der Waals surface area contributed by atoms with E-state index in [-0.39, 0.29) is 5.91 Å². The smallest absolute Gasteiger partial charge is 0.219 e. The zero-order chi connectivity index (χ0) is 31.9. The number of hydrogen-bond donors (Lipinski definition) is 1. The Morgan fingerprint density at radius 2 is 0.500 bits per heavy atom. The molecule has 44 heavy (non-hydrogen) atoms. The predicted molar refractivity (Wildman–Crippen MR) is 200 cm³/mol. The summed E-state index contributed by atoms with van der Waals surface area (Å²) in [5.74, 6) is 0.281. The molecule has 2 nitrogen and oxygen atoms in total. The van der Waals surface area contributed by atoms with Crippen molar-refractivity contribution < 1.29 is 4.79 Å². The van der Waals surface area contributed by atoms with Crippen molar-refractivity contribution in [2.75, 3.05) is 6.54 Å². The molecule has 0 aliphatic heterocycles. The number of nitrogens with one attached hydrogen (secondary N) is 1. The van der Waals surface area contributed by atoms with Gasteiger partial charge in [-0.1, -0.05) is 239 Å². The molecule has 0 fully saturated rings. The van der Waals surface area contributed by atoms with E-state index in [0.717, 1.165) is 25.8 Å². The molecule has 0 unspecified atom stereocenters. The van der Waals surface area contributed by atoms with Crippen LogP contribution in [0, 0.1) is 0 Å². The van der Waals surface area contributed by atoms with E-state index in [4.69, 9.17) is 0 Å². The molecule has 0 aromatic rings. The van der Waals surface area contributed by atoms with Gasteiger partial charge in [0.1, 0.15) is 0 Å². The lowest BCUT2D eigenvalue weighted by molar-refractivity contribution is -0.121. The number of amides is 1. The molecule has 1 N–H and O–H groups in total. The highest BCUT2D eigenvalue weighted by Crippen LogP contribution is 2.16.